The van der Waals surface area contributed by atoms with Crippen molar-refractivity contribution in [2.24, 2.45) is 10.2 Å². The van der Waals surface area contributed by atoms with Crippen molar-refractivity contribution < 1.29 is 0 Å². The molecule has 4 nitrogen and oxygen atoms in total. The standard InChI is InChI=1S/C14H10Br2N4/c15-11-5-1-3-9(7-11)13-17-19-14(20-18-13)10-4-2-6-12(16)8-10/h1-8H,(H,17,18)(H,19,20). The summed E-state index contributed by atoms with van der Waals surface area (Å²) in [5, 5.41) is 8.63. The summed E-state index contributed by atoms with van der Waals surface area (Å²) in [4.78, 5) is 0. The van der Waals surface area contributed by atoms with Crippen LogP contribution in [0.25, 0.3) is 0 Å². The Labute approximate surface area is 133 Å². The minimum absolute atomic E-state index is 0.685. The molecule has 2 aromatic carbocycles. The average Bonchev–Trinajstić information content (AvgIpc) is 2.47. The molecule has 0 saturated heterocycles. The van der Waals surface area contributed by atoms with Crippen molar-refractivity contribution in [3.63, 3.8) is 0 Å². The van der Waals surface area contributed by atoms with Crippen molar-refractivity contribution in [1.82, 2.24) is 10.9 Å². The van der Waals surface area contributed by atoms with Gasteiger partial charge in [-0.15, -0.1) is 0 Å². The third kappa shape index (κ3) is 2.91. The summed E-state index contributed by atoms with van der Waals surface area (Å²) in [7, 11) is 0. The Morgan fingerprint density at radius 2 is 1.15 bits per heavy atom. The first-order chi connectivity index (χ1) is 9.72. The number of hydrogen-bond donors (Lipinski definition) is 2. The first kappa shape index (κ1) is 13.3. The Kier molecular flexibility index (Phi) is 3.84. The number of halogens is 2. The summed E-state index contributed by atoms with van der Waals surface area (Å²) in [6, 6.07) is 15.7. The van der Waals surface area contributed by atoms with Gasteiger partial charge in [0.1, 0.15) is 0 Å². The van der Waals surface area contributed by atoms with Gasteiger partial charge in [-0.05, 0) is 24.3 Å². The minimum atomic E-state index is 0.685. The molecule has 3 rings (SSSR count). The highest BCUT2D eigenvalue weighted by atomic mass is 79.9. The Morgan fingerprint density at radius 1 is 0.700 bits per heavy atom. The van der Waals surface area contributed by atoms with Crippen LogP contribution in [-0.2, 0) is 0 Å². The van der Waals surface area contributed by atoms with Gasteiger partial charge in [-0.3, -0.25) is 10.9 Å². The van der Waals surface area contributed by atoms with E-state index >= 15 is 0 Å². The zero-order chi connectivity index (χ0) is 13.9. The van der Waals surface area contributed by atoms with Gasteiger partial charge in [0.25, 0.3) is 0 Å². The maximum Gasteiger partial charge on any atom is 0.173 e. The van der Waals surface area contributed by atoms with E-state index < -0.39 is 0 Å². The van der Waals surface area contributed by atoms with Crippen LogP contribution >= 0.6 is 31.9 Å². The minimum Gasteiger partial charge on any atom is -0.257 e. The highest BCUT2D eigenvalue weighted by Crippen LogP contribution is 2.14. The van der Waals surface area contributed by atoms with Gasteiger partial charge in [-0.2, -0.15) is 10.2 Å². The van der Waals surface area contributed by atoms with E-state index in [0.29, 0.717) is 11.7 Å². The summed E-state index contributed by atoms with van der Waals surface area (Å²) in [6.45, 7) is 0. The SMILES string of the molecule is Brc1cccc(C2=NNC(c3cccc(Br)c3)=NN2)c1. The third-order valence-corrected chi connectivity index (χ3v) is 3.73. The van der Waals surface area contributed by atoms with E-state index in [2.05, 4.69) is 52.9 Å². The number of rotatable bonds is 2. The molecule has 0 saturated carbocycles. The fourth-order valence-corrected chi connectivity index (χ4v) is 2.60. The largest absolute Gasteiger partial charge is 0.257 e. The van der Waals surface area contributed by atoms with Crippen LogP contribution in [0.3, 0.4) is 0 Å². The summed E-state index contributed by atoms with van der Waals surface area (Å²) < 4.78 is 2.00. The molecular formula is C14H10Br2N4. The summed E-state index contributed by atoms with van der Waals surface area (Å²) in [5.41, 5.74) is 7.86. The molecular weight excluding hydrogens is 384 g/mol. The van der Waals surface area contributed by atoms with E-state index in [4.69, 9.17) is 0 Å². The molecule has 100 valence electrons. The molecule has 0 radical (unpaired) electrons. The second-order valence-corrected chi connectivity index (χ2v) is 6.00. The van der Waals surface area contributed by atoms with E-state index in [0.717, 1.165) is 20.1 Å². The zero-order valence-corrected chi connectivity index (χ0v) is 13.4. The van der Waals surface area contributed by atoms with Gasteiger partial charge in [0, 0.05) is 20.1 Å². The molecule has 0 amide bonds. The van der Waals surface area contributed by atoms with E-state index in [-0.39, 0.29) is 0 Å². The number of hydrogen-bond acceptors (Lipinski definition) is 4. The molecule has 0 bridgehead atoms. The van der Waals surface area contributed by atoms with E-state index in [1.54, 1.807) is 0 Å². The molecule has 2 N–H and O–H groups in total. The van der Waals surface area contributed by atoms with Gasteiger partial charge in [-0.1, -0.05) is 56.1 Å². The van der Waals surface area contributed by atoms with Crippen molar-refractivity contribution >= 4 is 43.5 Å². The van der Waals surface area contributed by atoms with Crippen LogP contribution in [0, 0.1) is 0 Å². The monoisotopic (exact) mass is 392 g/mol. The van der Waals surface area contributed by atoms with Crippen LogP contribution in [-0.4, -0.2) is 11.7 Å². The van der Waals surface area contributed by atoms with Gasteiger partial charge < -0.3 is 0 Å². The van der Waals surface area contributed by atoms with Crippen LogP contribution in [0.15, 0.2) is 67.7 Å². The first-order valence-corrected chi connectivity index (χ1v) is 7.50. The van der Waals surface area contributed by atoms with Crippen molar-refractivity contribution in [3.05, 3.63) is 68.6 Å². The predicted molar refractivity (Wildman–Crippen MR) is 87.6 cm³/mol. The molecule has 1 heterocycles. The van der Waals surface area contributed by atoms with Gasteiger partial charge in [0.2, 0.25) is 0 Å². The van der Waals surface area contributed by atoms with Crippen LogP contribution in [0.5, 0.6) is 0 Å². The Hall–Kier alpha value is -1.66. The fourth-order valence-electron chi connectivity index (χ4n) is 1.80. The van der Waals surface area contributed by atoms with Gasteiger partial charge in [0.15, 0.2) is 11.7 Å². The number of amidine groups is 2. The maximum absolute atomic E-state index is 4.32. The van der Waals surface area contributed by atoms with E-state index in [1.165, 1.54) is 0 Å². The van der Waals surface area contributed by atoms with Gasteiger partial charge in [-0.25, -0.2) is 0 Å². The van der Waals surface area contributed by atoms with Gasteiger partial charge in [0.05, 0.1) is 0 Å². The van der Waals surface area contributed by atoms with Crippen LogP contribution in [0.4, 0.5) is 0 Å². The van der Waals surface area contributed by atoms with Crippen LogP contribution in [0.1, 0.15) is 11.1 Å². The number of benzene rings is 2. The van der Waals surface area contributed by atoms with E-state index in [9.17, 15) is 0 Å². The smallest absolute Gasteiger partial charge is 0.173 e. The molecule has 2 aromatic rings. The summed E-state index contributed by atoms with van der Waals surface area (Å²) in [6.07, 6.45) is 0. The number of nitrogens with one attached hydrogen (secondary N) is 2. The Balaban J connectivity index is 1.81. The lowest BCUT2D eigenvalue weighted by atomic mass is 10.2. The lowest BCUT2D eigenvalue weighted by molar-refractivity contribution is 0.883. The third-order valence-electron chi connectivity index (χ3n) is 2.74. The predicted octanol–water partition coefficient (Wildman–Crippen LogP) is 3.43. The van der Waals surface area contributed by atoms with Crippen molar-refractivity contribution in [3.8, 4) is 0 Å². The average molecular weight is 394 g/mol. The molecule has 1 aliphatic heterocycles. The lowest BCUT2D eigenvalue weighted by Gasteiger charge is -2.15. The zero-order valence-electron chi connectivity index (χ0n) is 10.3. The molecule has 0 unspecified atom stereocenters. The van der Waals surface area contributed by atoms with Crippen molar-refractivity contribution in [2.45, 2.75) is 0 Å². The Morgan fingerprint density at radius 3 is 1.50 bits per heavy atom. The number of nitrogens with zero attached hydrogens (tertiary/aromatic N) is 2. The molecule has 0 atom stereocenters. The van der Waals surface area contributed by atoms with Crippen LogP contribution in [0.2, 0.25) is 0 Å². The molecule has 1 aliphatic rings. The van der Waals surface area contributed by atoms with Crippen LogP contribution < -0.4 is 10.9 Å². The Bertz CT molecular complexity index is 648. The van der Waals surface area contributed by atoms with Crippen molar-refractivity contribution in [1.29, 1.82) is 0 Å². The quantitative estimate of drug-likeness (QED) is 0.821. The van der Waals surface area contributed by atoms with E-state index in [1.807, 2.05) is 48.5 Å². The van der Waals surface area contributed by atoms with Crippen molar-refractivity contribution in [2.75, 3.05) is 0 Å². The normalized spacial score (nSPS) is 13.9. The second-order valence-electron chi connectivity index (χ2n) is 4.17. The van der Waals surface area contributed by atoms with Gasteiger partial charge >= 0.3 is 0 Å². The second kappa shape index (κ2) is 5.76. The summed E-state index contributed by atoms with van der Waals surface area (Å²) >= 11 is 6.88. The molecule has 0 aromatic heterocycles. The number of hydrazone groups is 2. The first-order valence-electron chi connectivity index (χ1n) is 5.92. The fraction of sp³-hybridized carbons (Fsp3) is 0. The summed E-state index contributed by atoms with van der Waals surface area (Å²) in [5.74, 6) is 1.37. The molecule has 0 aliphatic carbocycles. The highest BCUT2D eigenvalue weighted by molar-refractivity contribution is 9.10. The topological polar surface area (TPSA) is 48.8 Å². The highest BCUT2D eigenvalue weighted by Gasteiger charge is 2.11. The molecule has 0 spiro atoms. The molecule has 20 heavy (non-hydrogen) atoms. The maximum atomic E-state index is 4.32. The lowest BCUT2D eigenvalue weighted by Crippen LogP contribution is -2.34. The molecule has 0 fully saturated rings. The molecule has 6 heteroatoms.